The predicted octanol–water partition coefficient (Wildman–Crippen LogP) is 3.81. The number of carbonyl (C=O) groups excluding carboxylic acids is 3. The number of aryl methyl sites for hydroxylation is 1. The van der Waals surface area contributed by atoms with Gasteiger partial charge in [0.25, 0.3) is 5.91 Å². The summed E-state index contributed by atoms with van der Waals surface area (Å²) in [7, 11) is 0. The van der Waals surface area contributed by atoms with E-state index in [0.29, 0.717) is 57.3 Å². The highest BCUT2D eigenvalue weighted by Gasteiger charge is 2.36. The number of hydrogen-bond donors (Lipinski definition) is 3. The summed E-state index contributed by atoms with van der Waals surface area (Å²) in [5.41, 5.74) is 9.58. The van der Waals surface area contributed by atoms with Gasteiger partial charge >= 0.3 is 12.1 Å². The highest BCUT2D eigenvalue weighted by Crippen LogP contribution is 2.31. The number of urea groups is 1. The van der Waals surface area contributed by atoms with Crippen molar-refractivity contribution in [3.63, 3.8) is 0 Å². The number of benzene rings is 1. The summed E-state index contributed by atoms with van der Waals surface area (Å²) in [6, 6.07) is 9.76. The Balaban J connectivity index is 1.07. The number of fused-ring (bicyclic) bond motifs is 1. The van der Waals surface area contributed by atoms with Crippen LogP contribution in [0.2, 0.25) is 0 Å². The number of anilines is 2. The zero-order valence-corrected chi connectivity index (χ0v) is 26.4. The first kappa shape index (κ1) is 31.1. The molecule has 11 heteroatoms. The van der Waals surface area contributed by atoms with Crippen LogP contribution in [-0.2, 0) is 22.4 Å². The van der Waals surface area contributed by atoms with Crippen molar-refractivity contribution in [1.82, 2.24) is 25.0 Å². The summed E-state index contributed by atoms with van der Waals surface area (Å²) in [4.78, 5) is 50.2. The van der Waals surface area contributed by atoms with Gasteiger partial charge in [0.2, 0.25) is 0 Å². The fraction of sp³-hybridized carbons (Fsp3) is 0.588. The number of likely N-dealkylation sites (tertiary alicyclic amines) is 2. The van der Waals surface area contributed by atoms with Gasteiger partial charge in [-0.1, -0.05) is 24.3 Å². The second kappa shape index (κ2) is 14.1. The van der Waals surface area contributed by atoms with Crippen LogP contribution in [0.4, 0.5) is 21.1 Å². The number of piperidine rings is 3. The largest absolute Gasteiger partial charge is 0.436 e. The van der Waals surface area contributed by atoms with Gasteiger partial charge in [-0.2, -0.15) is 0 Å². The number of carbonyl (C=O) groups is 3. The summed E-state index contributed by atoms with van der Waals surface area (Å²) in [6.07, 6.45) is 6.97. The van der Waals surface area contributed by atoms with Crippen LogP contribution < -0.4 is 16.4 Å². The maximum absolute atomic E-state index is 13.9. The van der Waals surface area contributed by atoms with Gasteiger partial charge in [-0.3, -0.25) is 4.79 Å². The number of hydrogen-bond acceptors (Lipinski definition) is 7. The molecule has 0 bridgehead atoms. The third-order valence-corrected chi connectivity index (χ3v) is 10.3. The van der Waals surface area contributed by atoms with Crippen molar-refractivity contribution >= 4 is 29.5 Å². The molecule has 0 spiro atoms. The van der Waals surface area contributed by atoms with Crippen molar-refractivity contribution in [2.45, 2.75) is 70.4 Å². The highest BCUT2D eigenvalue weighted by molar-refractivity contribution is 5.91. The molecule has 11 nitrogen and oxygen atoms in total. The Bertz CT molecular complexity index is 1360. The minimum Gasteiger partial charge on any atom is -0.436 e. The van der Waals surface area contributed by atoms with Gasteiger partial charge in [0, 0.05) is 57.1 Å². The van der Waals surface area contributed by atoms with Crippen LogP contribution in [0.5, 0.6) is 0 Å². The van der Waals surface area contributed by atoms with E-state index in [1.165, 1.54) is 12.8 Å². The summed E-state index contributed by atoms with van der Waals surface area (Å²) in [6.45, 7) is 6.98. The van der Waals surface area contributed by atoms with E-state index in [1.54, 1.807) is 11.1 Å². The fourth-order valence-corrected chi connectivity index (χ4v) is 7.55. The lowest BCUT2D eigenvalue weighted by atomic mass is 9.79. The van der Waals surface area contributed by atoms with Gasteiger partial charge in [-0.25, -0.2) is 14.6 Å². The van der Waals surface area contributed by atoms with E-state index in [-0.39, 0.29) is 24.4 Å². The molecule has 45 heavy (non-hydrogen) atoms. The van der Waals surface area contributed by atoms with Crippen LogP contribution in [0.3, 0.4) is 0 Å². The molecular weight excluding hydrogens is 570 g/mol. The molecule has 0 unspecified atom stereocenters. The molecule has 3 fully saturated rings. The Morgan fingerprint density at radius 2 is 1.67 bits per heavy atom. The molecule has 242 valence electrons. The summed E-state index contributed by atoms with van der Waals surface area (Å²) in [5, 5.41) is 6.50. The average Bonchev–Trinajstić information content (AvgIpc) is 3.24. The number of ether oxygens (including phenoxy) is 1. The molecule has 6 rings (SSSR count). The average molecular weight is 618 g/mol. The van der Waals surface area contributed by atoms with Gasteiger partial charge in [-0.15, -0.1) is 0 Å². The Kier molecular flexibility index (Phi) is 9.73. The SMILES string of the molecule is Cc1cc(C[C@@H](OC(=O)N2CCC(N3CCc4ccccc4NC3=O)CC2)C(=O)N2CCC(C3CCNCC3)CC2)cnc1N. The number of nitrogen functional groups attached to an aromatic ring is 1. The van der Waals surface area contributed by atoms with Crippen molar-refractivity contribution in [1.29, 1.82) is 0 Å². The van der Waals surface area contributed by atoms with E-state index >= 15 is 0 Å². The number of rotatable bonds is 6. The van der Waals surface area contributed by atoms with Crippen LogP contribution in [0.15, 0.2) is 36.5 Å². The first-order chi connectivity index (χ1) is 21.9. The molecule has 1 aromatic heterocycles. The molecule has 1 aromatic carbocycles. The van der Waals surface area contributed by atoms with Crippen LogP contribution in [0.1, 0.15) is 55.2 Å². The first-order valence-corrected chi connectivity index (χ1v) is 16.7. The van der Waals surface area contributed by atoms with Crippen LogP contribution in [0, 0.1) is 18.8 Å². The standard InChI is InChI=1S/C34H47N7O4/c1-23-20-24(22-37-31(23)35)21-30(32(42)39-15-8-26(9-16-39)25-6-13-36-14-7-25)45-34(44)40-17-11-28(12-18-40)41-19-10-27-4-2-3-5-29(27)38-33(41)43/h2-5,20,22,25-26,28,30,36H,6-19,21H2,1H3,(H2,35,37)(H,38,43)/t30-/m1/s1. The number of nitrogens with two attached hydrogens (primary N) is 1. The summed E-state index contributed by atoms with van der Waals surface area (Å²) in [5.74, 6) is 1.67. The predicted molar refractivity (Wildman–Crippen MR) is 173 cm³/mol. The number of para-hydroxylation sites is 1. The van der Waals surface area contributed by atoms with Crippen molar-refractivity contribution in [3.05, 3.63) is 53.2 Å². The maximum Gasteiger partial charge on any atom is 0.410 e. The Morgan fingerprint density at radius 3 is 2.40 bits per heavy atom. The molecule has 4 aliphatic heterocycles. The molecule has 2 aromatic rings. The smallest absolute Gasteiger partial charge is 0.410 e. The Labute approximate surface area is 265 Å². The lowest BCUT2D eigenvalue weighted by Gasteiger charge is -2.39. The Morgan fingerprint density at radius 1 is 0.978 bits per heavy atom. The number of amides is 4. The van der Waals surface area contributed by atoms with Gasteiger partial charge in [0.1, 0.15) is 5.82 Å². The molecule has 4 aliphatic rings. The molecule has 0 aliphatic carbocycles. The lowest BCUT2D eigenvalue weighted by molar-refractivity contribution is -0.142. The number of nitrogens with one attached hydrogen (secondary N) is 2. The Hall–Kier alpha value is -3.86. The number of nitrogens with zero attached hydrogens (tertiary/aromatic N) is 4. The minimum absolute atomic E-state index is 0.0332. The van der Waals surface area contributed by atoms with Crippen LogP contribution in [-0.4, -0.2) is 95.7 Å². The van der Waals surface area contributed by atoms with E-state index < -0.39 is 12.2 Å². The topological polar surface area (TPSA) is 133 Å². The van der Waals surface area contributed by atoms with E-state index in [2.05, 4.69) is 15.6 Å². The van der Waals surface area contributed by atoms with Gasteiger partial charge in [-0.05, 0) is 99.6 Å². The third-order valence-electron chi connectivity index (χ3n) is 10.3. The molecular formula is C34H47N7O4. The van der Waals surface area contributed by atoms with E-state index in [9.17, 15) is 14.4 Å². The van der Waals surface area contributed by atoms with Crippen molar-refractivity contribution in [2.24, 2.45) is 11.8 Å². The molecule has 4 amide bonds. The monoisotopic (exact) mass is 617 g/mol. The minimum atomic E-state index is -0.939. The summed E-state index contributed by atoms with van der Waals surface area (Å²) >= 11 is 0. The number of aromatic nitrogens is 1. The zero-order chi connectivity index (χ0) is 31.3. The highest BCUT2D eigenvalue weighted by atomic mass is 16.6. The molecule has 3 saturated heterocycles. The molecule has 0 saturated carbocycles. The first-order valence-electron chi connectivity index (χ1n) is 16.7. The van der Waals surface area contributed by atoms with Crippen LogP contribution >= 0.6 is 0 Å². The van der Waals surface area contributed by atoms with E-state index in [0.717, 1.165) is 60.6 Å². The van der Waals surface area contributed by atoms with Crippen LogP contribution in [0.25, 0.3) is 0 Å². The molecule has 4 N–H and O–H groups in total. The third kappa shape index (κ3) is 7.35. The second-order valence-electron chi connectivity index (χ2n) is 13.1. The normalized spacial score (nSPS) is 21.1. The van der Waals surface area contributed by atoms with Gasteiger partial charge in [0.05, 0.1) is 0 Å². The van der Waals surface area contributed by atoms with Crippen molar-refractivity contribution in [3.8, 4) is 0 Å². The second-order valence-corrected chi connectivity index (χ2v) is 13.1. The van der Waals surface area contributed by atoms with Gasteiger partial charge in [0.15, 0.2) is 6.10 Å². The van der Waals surface area contributed by atoms with Crippen molar-refractivity contribution in [2.75, 3.05) is 56.9 Å². The quantitative estimate of drug-likeness (QED) is 0.449. The maximum atomic E-state index is 13.9. The van der Waals surface area contributed by atoms with E-state index in [1.807, 2.05) is 47.1 Å². The lowest BCUT2D eigenvalue weighted by Crippen LogP contribution is -2.52. The zero-order valence-electron chi connectivity index (χ0n) is 26.4. The molecule has 5 heterocycles. The summed E-state index contributed by atoms with van der Waals surface area (Å²) < 4.78 is 6.02. The molecule has 0 radical (unpaired) electrons. The number of pyridine rings is 1. The molecule has 1 atom stereocenters. The van der Waals surface area contributed by atoms with E-state index in [4.69, 9.17) is 10.5 Å². The van der Waals surface area contributed by atoms with Crippen molar-refractivity contribution < 1.29 is 19.1 Å². The fourth-order valence-electron chi connectivity index (χ4n) is 7.55. The van der Waals surface area contributed by atoms with Gasteiger partial charge < -0.3 is 35.8 Å².